The van der Waals surface area contributed by atoms with E-state index < -0.39 is 10.8 Å². The summed E-state index contributed by atoms with van der Waals surface area (Å²) in [7, 11) is 0. The molecule has 0 fully saturated rings. The minimum Gasteiger partial charge on any atom is -0.492 e. The number of nitro groups is 1. The minimum atomic E-state index is -0.695. The van der Waals surface area contributed by atoms with Crippen LogP contribution in [0.1, 0.15) is 12.5 Å². The van der Waals surface area contributed by atoms with Gasteiger partial charge in [-0.3, -0.25) is 14.9 Å². The van der Waals surface area contributed by atoms with Gasteiger partial charge < -0.3 is 10.1 Å². The van der Waals surface area contributed by atoms with Crippen LogP contribution < -0.4 is 10.1 Å². The van der Waals surface area contributed by atoms with Crippen molar-refractivity contribution in [1.82, 2.24) is 0 Å². The summed E-state index contributed by atoms with van der Waals surface area (Å²) in [5, 5.41) is 22.6. The van der Waals surface area contributed by atoms with Gasteiger partial charge in [-0.1, -0.05) is 11.6 Å². The van der Waals surface area contributed by atoms with Crippen LogP contribution in [0, 0.1) is 21.4 Å². The molecule has 0 aliphatic heterocycles. The summed E-state index contributed by atoms with van der Waals surface area (Å²) in [5.74, 6) is -0.0837. The Morgan fingerprint density at radius 1 is 1.36 bits per heavy atom. The molecule has 0 unspecified atom stereocenters. The Morgan fingerprint density at radius 2 is 2.00 bits per heavy atom. The third-order valence-corrected chi connectivity index (χ3v) is 4.89. The summed E-state index contributed by atoms with van der Waals surface area (Å²) in [6.45, 7) is 2.34. The maximum atomic E-state index is 12.4. The van der Waals surface area contributed by atoms with Crippen LogP contribution in [0.25, 0.3) is 6.08 Å². The Balaban J connectivity index is 2.29. The molecule has 0 heterocycles. The number of amides is 1. The van der Waals surface area contributed by atoms with Crippen LogP contribution in [0.5, 0.6) is 5.75 Å². The summed E-state index contributed by atoms with van der Waals surface area (Å²) < 4.78 is 6.82. The average Bonchev–Trinajstić information content (AvgIpc) is 2.64. The van der Waals surface area contributed by atoms with Gasteiger partial charge >= 0.3 is 0 Å². The van der Waals surface area contributed by atoms with Crippen molar-refractivity contribution >= 4 is 66.8 Å². The zero-order chi connectivity index (χ0) is 20.8. The fraction of sp³-hybridized carbons (Fsp3) is 0.111. The molecule has 0 bridgehead atoms. The highest BCUT2D eigenvalue weighted by Gasteiger charge is 2.15. The highest BCUT2D eigenvalue weighted by Crippen LogP contribution is 2.35. The van der Waals surface area contributed by atoms with Gasteiger partial charge in [-0.05, 0) is 68.6 Å². The first-order valence-electron chi connectivity index (χ1n) is 7.75. The lowest BCUT2D eigenvalue weighted by atomic mass is 10.1. The van der Waals surface area contributed by atoms with Crippen LogP contribution in [0.3, 0.4) is 0 Å². The third kappa shape index (κ3) is 5.32. The maximum absolute atomic E-state index is 12.4. The lowest BCUT2D eigenvalue weighted by Crippen LogP contribution is -2.13. The Bertz CT molecular complexity index is 995. The van der Waals surface area contributed by atoms with Crippen LogP contribution in [0.2, 0.25) is 5.02 Å². The number of nitrogens with one attached hydrogen (secondary N) is 1. The summed E-state index contributed by atoms with van der Waals surface area (Å²) in [5.41, 5.74) is 0.372. The van der Waals surface area contributed by atoms with Crippen molar-refractivity contribution in [3.63, 3.8) is 0 Å². The average molecular weight is 530 g/mol. The Labute approximate surface area is 182 Å². The fourth-order valence-corrected chi connectivity index (χ4v) is 3.84. The van der Waals surface area contributed by atoms with Crippen LogP contribution in [0.15, 0.2) is 44.9 Å². The summed E-state index contributed by atoms with van der Waals surface area (Å²) in [4.78, 5) is 22.6. The van der Waals surface area contributed by atoms with Crippen LogP contribution in [-0.2, 0) is 4.79 Å². The van der Waals surface area contributed by atoms with Gasteiger partial charge in [0.05, 0.1) is 31.2 Å². The number of ether oxygens (including phenoxy) is 1. The standard InChI is InChI=1S/C18H12Br2ClN3O4/c1-2-28-17-13(19)6-10(7-14(17)20)5-11(9-22)18(25)23-16-4-3-12(24(26)27)8-15(16)21/h3-8H,2H2,1H3,(H,23,25)/b11-5-. The molecule has 1 amide bonds. The van der Waals surface area contributed by atoms with Crippen molar-refractivity contribution in [3.05, 3.63) is 65.6 Å². The van der Waals surface area contributed by atoms with E-state index in [-0.39, 0.29) is 22.0 Å². The first-order valence-corrected chi connectivity index (χ1v) is 9.72. The number of nitro benzene ring substituents is 1. The smallest absolute Gasteiger partial charge is 0.271 e. The molecule has 0 saturated carbocycles. The van der Waals surface area contributed by atoms with Crippen LogP contribution >= 0.6 is 43.5 Å². The first-order chi connectivity index (χ1) is 13.3. The normalized spacial score (nSPS) is 10.9. The van der Waals surface area contributed by atoms with Crippen molar-refractivity contribution in [1.29, 1.82) is 5.26 Å². The van der Waals surface area contributed by atoms with E-state index in [2.05, 4.69) is 37.2 Å². The van der Waals surface area contributed by atoms with Crippen LogP contribution in [0.4, 0.5) is 11.4 Å². The molecule has 0 atom stereocenters. The van der Waals surface area contributed by atoms with Gasteiger partial charge in [0, 0.05) is 12.1 Å². The second-order valence-electron chi connectivity index (χ2n) is 5.29. The number of halogens is 3. The third-order valence-electron chi connectivity index (χ3n) is 3.40. The lowest BCUT2D eigenvalue weighted by molar-refractivity contribution is -0.384. The quantitative estimate of drug-likeness (QED) is 0.223. The highest BCUT2D eigenvalue weighted by molar-refractivity contribution is 9.11. The van der Waals surface area contributed by atoms with E-state index in [9.17, 15) is 20.2 Å². The Kier molecular flexibility index (Phi) is 7.57. The molecule has 0 aliphatic rings. The Morgan fingerprint density at radius 3 is 2.50 bits per heavy atom. The molecule has 0 radical (unpaired) electrons. The molecule has 0 aromatic heterocycles. The Hall–Kier alpha value is -2.41. The molecule has 0 aliphatic carbocycles. The molecule has 144 valence electrons. The number of non-ortho nitro benzene ring substituents is 1. The number of anilines is 1. The number of rotatable bonds is 6. The number of carbonyl (C=O) groups is 1. The number of nitrogens with zero attached hydrogens (tertiary/aromatic N) is 2. The monoisotopic (exact) mass is 527 g/mol. The molecule has 10 heteroatoms. The SMILES string of the molecule is CCOc1c(Br)cc(/C=C(/C#N)C(=O)Nc2ccc([N+](=O)[O-])cc2Cl)cc1Br. The van der Waals surface area contributed by atoms with Gasteiger partial charge in [0.25, 0.3) is 11.6 Å². The van der Waals surface area contributed by atoms with E-state index in [1.165, 1.54) is 18.2 Å². The second-order valence-corrected chi connectivity index (χ2v) is 7.41. The minimum absolute atomic E-state index is 0.00797. The molecule has 2 aromatic carbocycles. The van der Waals surface area contributed by atoms with Gasteiger partial charge in [-0.2, -0.15) is 5.26 Å². The predicted octanol–water partition coefficient (Wildman–Crippen LogP) is 5.72. The molecule has 1 N–H and O–H groups in total. The van der Waals surface area contributed by atoms with Crippen molar-refractivity contribution < 1.29 is 14.5 Å². The van der Waals surface area contributed by atoms with Crippen molar-refractivity contribution in [2.75, 3.05) is 11.9 Å². The van der Waals surface area contributed by atoms with Gasteiger partial charge in [-0.15, -0.1) is 0 Å². The van der Waals surface area contributed by atoms with Crippen molar-refractivity contribution in [3.8, 4) is 11.8 Å². The predicted molar refractivity (Wildman–Crippen MR) is 113 cm³/mol. The van der Waals surface area contributed by atoms with Crippen molar-refractivity contribution in [2.24, 2.45) is 0 Å². The molecular weight excluding hydrogens is 517 g/mol. The molecule has 2 aromatic rings. The van der Waals surface area contributed by atoms with E-state index in [1.807, 2.05) is 13.0 Å². The van der Waals surface area contributed by atoms with Crippen LogP contribution in [-0.4, -0.2) is 17.4 Å². The van der Waals surface area contributed by atoms with E-state index in [0.717, 1.165) is 6.07 Å². The number of nitriles is 1. The number of hydrogen-bond donors (Lipinski definition) is 1. The number of hydrogen-bond acceptors (Lipinski definition) is 5. The van der Waals surface area contributed by atoms with Gasteiger partial charge in [0.2, 0.25) is 0 Å². The summed E-state index contributed by atoms with van der Waals surface area (Å²) in [6.07, 6.45) is 1.40. The second kappa shape index (κ2) is 9.68. The van der Waals surface area contributed by atoms with Crippen molar-refractivity contribution in [2.45, 2.75) is 6.92 Å². The fourth-order valence-electron chi connectivity index (χ4n) is 2.17. The zero-order valence-corrected chi connectivity index (χ0v) is 18.3. The zero-order valence-electron chi connectivity index (χ0n) is 14.3. The highest BCUT2D eigenvalue weighted by atomic mass is 79.9. The first kappa shape index (κ1) is 21.9. The molecule has 28 heavy (non-hydrogen) atoms. The largest absolute Gasteiger partial charge is 0.492 e. The van der Waals surface area contributed by atoms with Gasteiger partial charge in [0.1, 0.15) is 17.4 Å². The van der Waals surface area contributed by atoms with Gasteiger partial charge in [0.15, 0.2) is 0 Å². The molecular formula is C18H12Br2ClN3O4. The molecule has 2 rings (SSSR count). The van der Waals surface area contributed by atoms with E-state index >= 15 is 0 Å². The number of benzene rings is 2. The van der Waals surface area contributed by atoms with E-state index in [1.54, 1.807) is 12.1 Å². The van der Waals surface area contributed by atoms with E-state index in [4.69, 9.17) is 16.3 Å². The van der Waals surface area contributed by atoms with E-state index in [0.29, 0.717) is 26.9 Å². The molecule has 0 spiro atoms. The molecule has 7 nitrogen and oxygen atoms in total. The number of carbonyl (C=O) groups excluding carboxylic acids is 1. The summed E-state index contributed by atoms with van der Waals surface area (Å²) in [6, 6.07) is 8.88. The summed E-state index contributed by atoms with van der Waals surface area (Å²) >= 11 is 12.7. The topological polar surface area (TPSA) is 105 Å². The lowest BCUT2D eigenvalue weighted by Gasteiger charge is -2.10. The maximum Gasteiger partial charge on any atom is 0.271 e. The van der Waals surface area contributed by atoms with Gasteiger partial charge in [-0.25, -0.2) is 0 Å². The molecule has 0 saturated heterocycles.